The molecule has 4 nitrogen and oxygen atoms in total. The highest BCUT2D eigenvalue weighted by Crippen LogP contribution is 2.38. The van der Waals surface area contributed by atoms with E-state index < -0.39 is 17.8 Å². The van der Waals surface area contributed by atoms with Crippen molar-refractivity contribution in [1.29, 1.82) is 0 Å². The van der Waals surface area contributed by atoms with Crippen LogP contribution in [0.5, 0.6) is 0 Å². The lowest BCUT2D eigenvalue weighted by Gasteiger charge is -2.37. The Morgan fingerprint density at radius 2 is 1.52 bits per heavy atom. The molecule has 2 aliphatic carbocycles. The molecular weight excluding hydrogens is 340 g/mol. The number of carboxylic acid groups (broad SMARTS) is 1. The maximum Gasteiger partial charge on any atom is 0.310 e. The zero-order valence-corrected chi connectivity index (χ0v) is 17.9. The largest absolute Gasteiger partial charge is 0.481 e. The number of carbonyl (C=O) groups excluding carboxylic acids is 1. The quantitative estimate of drug-likeness (QED) is 0.589. The second kappa shape index (κ2) is 9.93. The highest BCUT2D eigenvalue weighted by molar-refractivity contribution is 5.81. The Balaban J connectivity index is 2.08. The maximum atomic E-state index is 13.0. The molecule has 1 N–H and O–H groups in total. The second-order valence-electron chi connectivity index (χ2n) is 9.92. The highest BCUT2D eigenvalue weighted by atomic mass is 16.5. The van der Waals surface area contributed by atoms with Crippen molar-refractivity contribution in [2.75, 3.05) is 0 Å². The first kappa shape index (κ1) is 22.2. The van der Waals surface area contributed by atoms with Crippen molar-refractivity contribution in [3.8, 4) is 0 Å². The van der Waals surface area contributed by atoms with Crippen LogP contribution in [0.1, 0.15) is 86.0 Å². The van der Waals surface area contributed by atoms with Crippen molar-refractivity contribution in [3.05, 3.63) is 0 Å². The number of hydrogen-bond acceptors (Lipinski definition) is 3. The fraction of sp³-hybridized carbons (Fsp3) is 0.913. The molecule has 2 saturated carbocycles. The van der Waals surface area contributed by atoms with Gasteiger partial charge in [-0.25, -0.2) is 0 Å². The molecule has 2 fully saturated rings. The predicted octanol–water partition coefficient (Wildman–Crippen LogP) is 5.54. The monoisotopic (exact) mass is 380 g/mol. The molecule has 2 aliphatic rings. The smallest absolute Gasteiger partial charge is 0.310 e. The van der Waals surface area contributed by atoms with E-state index in [-0.39, 0.29) is 12.1 Å². The number of rotatable bonds is 7. The van der Waals surface area contributed by atoms with Crippen LogP contribution in [-0.2, 0) is 14.3 Å². The van der Waals surface area contributed by atoms with Crippen LogP contribution in [-0.4, -0.2) is 23.1 Å². The number of aliphatic carboxylic acids is 1. The van der Waals surface area contributed by atoms with Crippen molar-refractivity contribution in [3.63, 3.8) is 0 Å². The third kappa shape index (κ3) is 6.22. The Morgan fingerprint density at radius 3 is 2.07 bits per heavy atom. The lowest BCUT2D eigenvalue weighted by Crippen LogP contribution is -2.40. The normalized spacial score (nSPS) is 34.1. The molecule has 5 unspecified atom stereocenters. The summed E-state index contributed by atoms with van der Waals surface area (Å²) in [7, 11) is 0. The van der Waals surface area contributed by atoms with Gasteiger partial charge in [0.1, 0.15) is 6.10 Å². The van der Waals surface area contributed by atoms with E-state index in [4.69, 9.17) is 4.74 Å². The van der Waals surface area contributed by atoms with Crippen LogP contribution in [0, 0.1) is 41.4 Å². The van der Waals surface area contributed by atoms with Gasteiger partial charge in [0.05, 0.1) is 11.8 Å². The number of esters is 1. The topological polar surface area (TPSA) is 63.6 Å². The summed E-state index contributed by atoms with van der Waals surface area (Å²) in [5, 5.41) is 9.60. The minimum atomic E-state index is -0.845. The Kier molecular flexibility index (Phi) is 8.18. The second-order valence-corrected chi connectivity index (χ2v) is 9.92. The van der Waals surface area contributed by atoms with Gasteiger partial charge in [0.15, 0.2) is 0 Å². The molecule has 156 valence electrons. The van der Waals surface area contributed by atoms with Crippen LogP contribution < -0.4 is 0 Å². The Morgan fingerprint density at radius 1 is 0.926 bits per heavy atom. The molecule has 0 bridgehead atoms. The summed E-state index contributed by atoms with van der Waals surface area (Å²) in [6.07, 6.45) is 7.62. The van der Waals surface area contributed by atoms with Crippen molar-refractivity contribution >= 4 is 11.9 Å². The van der Waals surface area contributed by atoms with E-state index in [1.54, 1.807) is 0 Å². The number of hydrogen-bond donors (Lipinski definition) is 1. The molecule has 0 aromatic rings. The zero-order valence-electron chi connectivity index (χ0n) is 17.9. The molecule has 0 radical (unpaired) electrons. The number of carboxylic acids is 1. The first-order valence-corrected chi connectivity index (χ1v) is 11.1. The summed E-state index contributed by atoms with van der Waals surface area (Å²) in [5.74, 6) is 0.435. The molecule has 5 atom stereocenters. The first-order chi connectivity index (χ1) is 12.7. The molecule has 27 heavy (non-hydrogen) atoms. The summed E-state index contributed by atoms with van der Waals surface area (Å²) >= 11 is 0. The van der Waals surface area contributed by atoms with E-state index in [0.717, 1.165) is 31.6 Å². The van der Waals surface area contributed by atoms with Crippen LogP contribution in [0.4, 0.5) is 0 Å². The standard InChI is InChI=1S/C23H40O4/c1-14(2)17(5)13-21(18-9-6-15(3)7-10-18)27-23(26)19-11-8-16(4)12-20(19)22(24)25/h14-21H,6-13H2,1-5H3,(H,24,25). The SMILES string of the molecule is CC1CCC(C(CC(C)C(C)C)OC(=O)C2CCC(C)CC2C(=O)O)CC1. The van der Waals surface area contributed by atoms with Gasteiger partial charge in [-0.2, -0.15) is 0 Å². The van der Waals surface area contributed by atoms with E-state index in [0.29, 0.717) is 36.5 Å². The van der Waals surface area contributed by atoms with Crippen LogP contribution in [0.25, 0.3) is 0 Å². The van der Waals surface area contributed by atoms with Gasteiger partial charge in [-0.05, 0) is 68.1 Å². The molecule has 0 aromatic carbocycles. The van der Waals surface area contributed by atoms with Crippen LogP contribution in [0.3, 0.4) is 0 Å². The van der Waals surface area contributed by atoms with Crippen molar-refractivity contribution < 1.29 is 19.4 Å². The van der Waals surface area contributed by atoms with Gasteiger partial charge in [0.2, 0.25) is 0 Å². The number of carbonyl (C=O) groups is 2. The Hall–Kier alpha value is -1.06. The third-order valence-electron chi connectivity index (χ3n) is 7.33. The molecule has 0 amide bonds. The van der Waals surface area contributed by atoms with Crippen LogP contribution >= 0.6 is 0 Å². The lowest BCUT2D eigenvalue weighted by atomic mass is 9.74. The van der Waals surface area contributed by atoms with E-state index in [1.807, 2.05) is 0 Å². The van der Waals surface area contributed by atoms with Gasteiger partial charge in [-0.1, -0.05) is 47.5 Å². The summed E-state index contributed by atoms with van der Waals surface area (Å²) in [5.41, 5.74) is 0. The molecule has 0 aliphatic heterocycles. The molecular formula is C23H40O4. The summed E-state index contributed by atoms with van der Waals surface area (Å²) in [6, 6.07) is 0. The van der Waals surface area contributed by atoms with Crippen LogP contribution in [0.2, 0.25) is 0 Å². The Labute approximate surface area is 165 Å². The third-order valence-corrected chi connectivity index (χ3v) is 7.33. The van der Waals surface area contributed by atoms with Crippen molar-refractivity contribution in [2.45, 2.75) is 92.1 Å². The van der Waals surface area contributed by atoms with Crippen molar-refractivity contribution in [1.82, 2.24) is 0 Å². The number of ether oxygens (including phenoxy) is 1. The van der Waals surface area contributed by atoms with Crippen molar-refractivity contribution in [2.24, 2.45) is 41.4 Å². The molecule has 0 spiro atoms. The minimum Gasteiger partial charge on any atom is -0.481 e. The molecule has 0 aromatic heterocycles. The van der Waals surface area contributed by atoms with Crippen LogP contribution in [0.15, 0.2) is 0 Å². The van der Waals surface area contributed by atoms with Gasteiger partial charge < -0.3 is 9.84 Å². The maximum absolute atomic E-state index is 13.0. The fourth-order valence-electron chi connectivity index (χ4n) is 4.81. The Bertz CT molecular complexity index is 493. The predicted molar refractivity (Wildman–Crippen MR) is 107 cm³/mol. The van der Waals surface area contributed by atoms with Gasteiger partial charge in [-0.15, -0.1) is 0 Å². The van der Waals surface area contributed by atoms with Gasteiger partial charge in [-0.3, -0.25) is 9.59 Å². The van der Waals surface area contributed by atoms with E-state index in [9.17, 15) is 14.7 Å². The summed E-state index contributed by atoms with van der Waals surface area (Å²) in [6.45, 7) is 11.0. The summed E-state index contributed by atoms with van der Waals surface area (Å²) in [4.78, 5) is 24.7. The first-order valence-electron chi connectivity index (χ1n) is 11.1. The fourth-order valence-corrected chi connectivity index (χ4v) is 4.81. The van der Waals surface area contributed by atoms with E-state index in [1.165, 1.54) is 12.8 Å². The lowest BCUT2D eigenvalue weighted by molar-refractivity contribution is -0.168. The van der Waals surface area contributed by atoms with Gasteiger partial charge in [0, 0.05) is 0 Å². The highest BCUT2D eigenvalue weighted by Gasteiger charge is 2.41. The van der Waals surface area contributed by atoms with E-state index >= 15 is 0 Å². The molecule has 0 heterocycles. The molecule has 4 heteroatoms. The summed E-state index contributed by atoms with van der Waals surface area (Å²) < 4.78 is 6.10. The average molecular weight is 381 g/mol. The minimum absolute atomic E-state index is 0.0591. The van der Waals surface area contributed by atoms with Gasteiger partial charge >= 0.3 is 11.9 Å². The average Bonchev–Trinajstić information content (AvgIpc) is 2.61. The molecule has 0 saturated heterocycles. The van der Waals surface area contributed by atoms with E-state index in [2.05, 4.69) is 34.6 Å². The molecule has 2 rings (SSSR count). The zero-order chi connectivity index (χ0) is 20.1. The van der Waals surface area contributed by atoms with Gasteiger partial charge in [0.25, 0.3) is 0 Å².